The van der Waals surface area contributed by atoms with Crippen molar-refractivity contribution in [1.82, 2.24) is 9.78 Å². The van der Waals surface area contributed by atoms with Gasteiger partial charge in [-0.2, -0.15) is 5.10 Å². The van der Waals surface area contributed by atoms with Gasteiger partial charge in [0, 0.05) is 11.0 Å². The molecule has 0 aromatic carbocycles. The maximum Gasteiger partial charge on any atom is 0.133 e. The molecule has 0 bridgehead atoms. The van der Waals surface area contributed by atoms with Gasteiger partial charge in [-0.3, -0.25) is 4.68 Å². The third kappa shape index (κ3) is 2.83. The van der Waals surface area contributed by atoms with Crippen LogP contribution < -0.4 is 0 Å². The molecule has 0 radical (unpaired) electrons. The number of halogens is 1. The molecule has 0 saturated heterocycles. The van der Waals surface area contributed by atoms with Crippen LogP contribution in [-0.2, 0) is 12.0 Å². The number of hydrogen-bond donors (Lipinski definition) is 1. The van der Waals surface area contributed by atoms with Gasteiger partial charge in [-0.15, -0.1) is 0 Å². The maximum atomic E-state index is 9.47. The van der Waals surface area contributed by atoms with Gasteiger partial charge in [0.05, 0.1) is 18.3 Å². The standard InChI is InChI=1S/C13H23ClN2O/c1-6-9(7-2)16-12(14)10(8-17)11(15-16)13(3,4)5/h9,17H,6-8H2,1-5H3. The molecule has 17 heavy (non-hydrogen) atoms. The summed E-state index contributed by atoms with van der Waals surface area (Å²) in [6.45, 7) is 10.5. The monoisotopic (exact) mass is 258 g/mol. The molecule has 0 spiro atoms. The van der Waals surface area contributed by atoms with Gasteiger partial charge >= 0.3 is 0 Å². The van der Waals surface area contributed by atoms with Gasteiger partial charge < -0.3 is 5.11 Å². The Bertz CT molecular complexity index is 376. The highest BCUT2D eigenvalue weighted by molar-refractivity contribution is 6.30. The Kier molecular flexibility index (Phi) is 4.62. The number of nitrogens with zero attached hydrogens (tertiary/aromatic N) is 2. The summed E-state index contributed by atoms with van der Waals surface area (Å²) >= 11 is 6.33. The van der Waals surface area contributed by atoms with Crippen molar-refractivity contribution in [1.29, 1.82) is 0 Å². The predicted octanol–water partition coefficient (Wildman–Crippen LogP) is 3.69. The van der Waals surface area contributed by atoms with E-state index in [1.54, 1.807) is 0 Å². The van der Waals surface area contributed by atoms with E-state index in [-0.39, 0.29) is 12.0 Å². The van der Waals surface area contributed by atoms with Crippen LogP contribution in [0.5, 0.6) is 0 Å². The molecule has 98 valence electrons. The summed E-state index contributed by atoms with van der Waals surface area (Å²) in [6.07, 6.45) is 1.98. The lowest BCUT2D eigenvalue weighted by molar-refractivity contribution is 0.278. The lowest BCUT2D eigenvalue weighted by atomic mass is 9.90. The molecule has 0 atom stereocenters. The van der Waals surface area contributed by atoms with Crippen LogP contribution >= 0.6 is 11.6 Å². The Hall–Kier alpha value is -0.540. The number of rotatable bonds is 4. The molecule has 1 N–H and O–H groups in total. The van der Waals surface area contributed by atoms with Crippen molar-refractivity contribution in [2.75, 3.05) is 0 Å². The van der Waals surface area contributed by atoms with E-state index in [1.165, 1.54) is 0 Å². The number of aliphatic hydroxyl groups is 1. The van der Waals surface area contributed by atoms with Crippen molar-refractivity contribution >= 4 is 11.6 Å². The first-order chi connectivity index (χ1) is 7.86. The highest BCUT2D eigenvalue weighted by Gasteiger charge is 2.27. The SMILES string of the molecule is CCC(CC)n1nc(C(C)(C)C)c(CO)c1Cl. The van der Waals surface area contributed by atoms with Crippen LogP contribution in [0.4, 0.5) is 0 Å². The smallest absolute Gasteiger partial charge is 0.133 e. The molecule has 1 aromatic rings. The molecule has 0 unspecified atom stereocenters. The lowest BCUT2D eigenvalue weighted by Crippen LogP contribution is -2.16. The van der Waals surface area contributed by atoms with Crippen molar-refractivity contribution in [2.45, 2.75) is 65.5 Å². The maximum absolute atomic E-state index is 9.47. The minimum absolute atomic E-state index is 0.0500. The van der Waals surface area contributed by atoms with Crippen LogP contribution in [0.3, 0.4) is 0 Å². The Labute approximate surface area is 109 Å². The van der Waals surface area contributed by atoms with E-state index in [1.807, 2.05) is 4.68 Å². The minimum Gasteiger partial charge on any atom is -0.391 e. The fraction of sp³-hybridized carbons (Fsp3) is 0.769. The molecule has 0 aliphatic carbocycles. The average Bonchev–Trinajstić information content (AvgIpc) is 2.58. The third-order valence-electron chi connectivity index (χ3n) is 3.10. The number of hydrogen-bond acceptors (Lipinski definition) is 2. The molecule has 0 fully saturated rings. The van der Waals surface area contributed by atoms with Crippen molar-refractivity contribution in [3.05, 3.63) is 16.4 Å². The predicted molar refractivity (Wildman–Crippen MR) is 71.5 cm³/mol. The van der Waals surface area contributed by atoms with Gasteiger partial charge in [0.25, 0.3) is 0 Å². The summed E-state index contributed by atoms with van der Waals surface area (Å²) < 4.78 is 1.87. The van der Waals surface area contributed by atoms with E-state index in [4.69, 9.17) is 11.6 Å². The fourth-order valence-electron chi connectivity index (χ4n) is 2.07. The molecular weight excluding hydrogens is 236 g/mol. The summed E-state index contributed by atoms with van der Waals surface area (Å²) in [7, 11) is 0. The zero-order valence-electron chi connectivity index (χ0n) is 11.4. The van der Waals surface area contributed by atoms with Gasteiger partial charge in [0.2, 0.25) is 0 Å². The molecular formula is C13H23ClN2O. The molecule has 0 saturated carbocycles. The molecule has 1 heterocycles. The normalized spacial score (nSPS) is 12.5. The summed E-state index contributed by atoms with van der Waals surface area (Å²) in [6, 6.07) is 0.309. The number of aromatic nitrogens is 2. The fourth-order valence-corrected chi connectivity index (χ4v) is 2.39. The van der Waals surface area contributed by atoms with Gasteiger partial charge in [0.1, 0.15) is 5.15 Å². The first-order valence-corrected chi connectivity index (χ1v) is 6.62. The highest BCUT2D eigenvalue weighted by atomic mass is 35.5. The molecule has 1 rings (SSSR count). The zero-order chi connectivity index (χ0) is 13.2. The molecule has 0 aliphatic heterocycles. The zero-order valence-corrected chi connectivity index (χ0v) is 12.2. The van der Waals surface area contributed by atoms with Gasteiger partial charge in [-0.1, -0.05) is 46.2 Å². The Morgan fingerprint density at radius 3 is 2.12 bits per heavy atom. The van der Waals surface area contributed by atoms with Gasteiger partial charge in [0.15, 0.2) is 0 Å². The molecule has 0 amide bonds. The second-order valence-electron chi connectivity index (χ2n) is 5.44. The lowest BCUT2D eigenvalue weighted by Gasteiger charge is -2.17. The molecule has 1 aromatic heterocycles. The van der Waals surface area contributed by atoms with E-state index >= 15 is 0 Å². The minimum atomic E-state index is -0.0982. The second-order valence-corrected chi connectivity index (χ2v) is 5.80. The largest absolute Gasteiger partial charge is 0.391 e. The van der Waals surface area contributed by atoms with E-state index in [0.29, 0.717) is 11.2 Å². The van der Waals surface area contributed by atoms with E-state index in [9.17, 15) is 5.11 Å². The van der Waals surface area contributed by atoms with Crippen LogP contribution in [0.2, 0.25) is 5.15 Å². The van der Waals surface area contributed by atoms with Crippen molar-refractivity contribution in [3.63, 3.8) is 0 Å². The Balaban J connectivity index is 3.31. The molecule has 3 nitrogen and oxygen atoms in total. The van der Waals surface area contributed by atoms with Crippen molar-refractivity contribution in [2.24, 2.45) is 0 Å². The Morgan fingerprint density at radius 2 is 1.82 bits per heavy atom. The van der Waals surface area contributed by atoms with Gasteiger partial charge in [-0.25, -0.2) is 0 Å². The summed E-state index contributed by atoms with van der Waals surface area (Å²) in [4.78, 5) is 0. The third-order valence-corrected chi connectivity index (χ3v) is 3.50. The average molecular weight is 259 g/mol. The quantitative estimate of drug-likeness (QED) is 0.895. The van der Waals surface area contributed by atoms with Crippen LogP contribution in [0, 0.1) is 0 Å². The first-order valence-electron chi connectivity index (χ1n) is 6.24. The van der Waals surface area contributed by atoms with Crippen LogP contribution in [0.15, 0.2) is 0 Å². The summed E-state index contributed by atoms with van der Waals surface area (Å²) in [5.41, 5.74) is 1.57. The Morgan fingerprint density at radius 1 is 1.29 bits per heavy atom. The first kappa shape index (κ1) is 14.5. The molecule has 0 aliphatic rings. The number of aliphatic hydroxyl groups excluding tert-OH is 1. The van der Waals surface area contributed by atoms with Crippen LogP contribution in [0.1, 0.15) is 64.8 Å². The van der Waals surface area contributed by atoms with Crippen molar-refractivity contribution in [3.8, 4) is 0 Å². The van der Waals surface area contributed by atoms with Gasteiger partial charge in [-0.05, 0) is 12.8 Å². The molecule has 4 heteroatoms. The van der Waals surface area contributed by atoms with E-state index in [0.717, 1.165) is 24.1 Å². The van der Waals surface area contributed by atoms with E-state index in [2.05, 4.69) is 39.7 Å². The van der Waals surface area contributed by atoms with E-state index < -0.39 is 0 Å². The summed E-state index contributed by atoms with van der Waals surface area (Å²) in [5, 5.41) is 14.7. The topological polar surface area (TPSA) is 38.0 Å². The van der Waals surface area contributed by atoms with Crippen LogP contribution in [0.25, 0.3) is 0 Å². The van der Waals surface area contributed by atoms with Crippen molar-refractivity contribution < 1.29 is 5.11 Å². The second kappa shape index (κ2) is 5.40. The highest BCUT2D eigenvalue weighted by Crippen LogP contribution is 2.32. The summed E-state index contributed by atoms with van der Waals surface area (Å²) in [5.74, 6) is 0. The van der Waals surface area contributed by atoms with Crippen LogP contribution in [-0.4, -0.2) is 14.9 Å².